The number of carboxylic acid groups (broad SMARTS) is 1. The van der Waals surface area contributed by atoms with Crippen molar-refractivity contribution in [3.63, 3.8) is 0 Å². The number of nitrogens with zero attached hydrogens (tertiary/aromatic N) is 1. The normalized spacial score (nSPS) is 10.5. The molecule has 1 aromatic heterocycles. The van der Waals surface area contributed by atoms with Crippen molar-refractivity contribution in [1.82, 2.24) is 4.57 Å². The molecule has 0 amide bonds. The molecule has 13 heavy (non-hydrogen) atoms. The van der Waals surface area contributed by atoms with Gasteiger partial charge in [0.2, 0.25) is 0 Å². The lowest BCUT2D eigenvalue weighted by molar-refractivity contribution is -0.131. The minimum absolute atomic E-state index is 0.352. The summed E-state index contributed by atoms with van der Waals surface area (Å²) in [4.78, 5) is 21.2. The van der Waals surface area contributed by atoms with E-state index in [1.54, 1.807) is 0 Å². The molecule has 0 aliphatic carbocycles. The topological polar surface area (TPSA) is 59.3 Å². The molecule has 5 heteroatoms. The van der Waals surface area contributed by atoms with Crippen LogP contribution < -0.4 is 11.0 Å². The zero-order valence-corrected chi connectivity index (χ0v) is 6.68. The first-order valence-corrected chi connectivity index (χ1v) is 3.48. The van der Waals surface area contributed by atoms with E-state index in [-0.39, 0.29) is 5.56 Å². The van der Waals surface area contributed by atoms with Gasteiger partial charge >= 0.3 is 5.97 Å². The average molecular weight is 175 g/mol. The molecule has 4 nitrogen and oxygen atoms in total. The molecule has 0 spiro atoms. The van der Waals surface area contributed by atoms with Crippen molar-refractivity contribution in [1.29, 1.82) is 0 Å². The molecule has 2 radical (unpaired) electrons. The molecule has 1 aromatic rings. The van der Waals surface area contributed by atoms with Crippen LogP contribution in [0, 0.1) is 0 Å². The zero-order chi connectivity index (χ0) is 9.84. The maximum absolute atomic E-state index is 11.1. The predicted octanol–water partition coefficient (Wildman–Crippen LogP) is -0.803. The zero-order valence-electron chi connectivity index (χ0n) is 6.68. The summed E-state index contributed by atoms with van der Waals surface area (Å²) in [5.74, 6) is -1.11. The van der Waals surface area contributed by atoms with Gasteiger partial charge in [-0.25, -0.2) is 4.79 Å². The number of aliphatic carboxylic acids is 1. The van der Waals surface area contributed by atoms with Gasteiger partial charge in [0.25, 0.3) is 5.56 Å². The number of rotatable bonds is 2. The molecule has 0 bridgehead atoms. The van der Waals surface area contributed by atoms with E-state index in [9.17, 15) is 9.59 Å². The van der Waals surface area contributed by atoms with Crippen LogP contribution in [0.25, 0.3) is 6.20 Å². The Morgan fingerprint density at radius 1 is 1.62 bits per heavy atom. The average Bonchev–Trinajstić information content (AvgIpc) is 2.02. The molecule has 1 N–H and O–H groups in total. The van der Waals surface area contributed by atoms with Gasteiger partial charge in [0, 0.05) is 18.5 Å². The number of carbonyl (C=O) groups is 1. The molecule has 0 unspecified atom stereocenters. The van der Waals surface area contributed by atoms with Gasteiger partial charge in [0.1, 0.15) is 7.85 Å². The number of hydrogen-bond acceptors (Lipinski definition) is 2. The number of hydrogen-bond donors (Lipinski definition) is 1. The molecular formula is C8H6BNO3. The lowest BCUT2D eigenvalue weighted by Crippen LogP contribution is -2.20. The SMILES string of the molecule is [B]c1ccn(/C=C/C(=O)O)c(=O)c1. The van der Waals surface area contributed by atoms with Gasteiger partial charge in [0.05, 0.1) is 0 Å². The third kappa shape index (κ3) is 2.63. The highest BCUT2D eigenvalue weighted by atomic mass is 16.4. The van der Waals surface area contributed by atoms with Crippen LogP contribution in [0.2, 0.25) is 0 Å². The van der Waals surface area contributed by atoms with Crippen LogP contribution in [0.3, 0.4) is 0 Å². The van der Waals surface area contributed by atoms with Crippen molar-refractivity contribution in [2.24, 2.45) is 0 Å². The quantitative estimate of drug-likeness (QED) is 0.472. The number of aromatic nitrogens is 1. The van der Waals surface area contributed by atoms with Gasteiger partial charge in [-0.1, -0.05) is 11.5 Å². The Morgan fingerprint density at radius 2 is 2.31 bits per heavy atom. The monoisotopic (exact) mass is 175 g/mol. The van der Waals surface area contributed by atoms with Gasteiger partial charge in [-0.3, -0.25) is 9.36 Å². The lowest BCUT2D eigenvalue weighted by Gasteiger charge is -1.97. The van der Waals surface area contributed by atoms with E-state index >= 15 is 0 Å². The van der Waals surface area contributed by atoms with E-state index in [0.717, 1.165) is 16.8 Å². The number of pyridine rings is 1. The largest absolute Gasteiger partial charge is 0.478 e. The standard InChI is InChI=1S/C8H6BNO3/c9-6-1-3-10(7(11)5-6)4-2-8(12)13/h1-5H,(H,12,13)/b4-2+. The van der Waals surface area contributed by atoms with Crippen LogP contribution in [0.5, 0.6) is 0 Å². The Hall–Kier alpha value is -1.78. The molecule has 0 fully saturated rings. The van der Waals surface area contributed by atoms with E-state index in [1.807, 2.05) is 0 Å². The second kappa shape index (κ2) is 3.75. The van der Waals surface area contributed by atoms with Crippen molar-refractivity contribution in [3.05, 3.63) is 34.8 Å². The van der Waals surface area contributed by atoms with Crippen LogP contribution >= 0.6 is 0 Å². The van der Waals surface area contributed by atoms with E-state index in [4.69, 9.17) is 13.0 Å². The fourth-order valence-corrected chi connectivity index (χ4v) is 0.772. The van der Waals surface area contributed by atoms with Gasteiger partial charge in [-0.15, -0.1) is 0 Å². The molecule has 1 heterocycles. The minimum Gasteiger partial charge on any atom is -0.478 e. The minimum atomic E-state index is -1.11. The molecule has 0 saturated heterocycles. The lowest BCUT2D eigenvalue weighted by atomic mass is 9.98. The first-order chi connectivity index (χ1) is 6.09. The third-order valence-electron chi connectivity index (χ3n) is 1.35. The first kappa shape index (κ1) is 9.31. The maximum Gasteiger partial charge on any atom is 0.329 e. The molecule has 0 saturated carbocycles. The van der Waals surface area contributed by atoms with Crippen LogP contribution in [0.1, 0.15) is 0 Å². The molecular weight excluding hydrogens is 169 g/mol. The summed E-state index contributed by atoms with van der Waals surface area (Å²) in [6, 6.07) is 2.72. The molecule has 0 aliphatic heterocycles. The van der Waals surface area contributed by atoms with E-state index in [0.29, 0.717) is 5.46 Å². The van der Waals surface area contributed by atoms with Gasteiger partial charge in [-0.2, -0.15) is 0 Å². The third-order valence-corrected chi connectivity index (χ3v) is 1.35. The van der Waals surface area contributed by atoms with Crippen molar-refractivity contribution in [3.8, 4) is 0 Å². The molecule has 0 aliphatic rings. The summed E-state index contributed by atoms with van der Waals surface area (Å²) < 4.78 is 1.13. The molecule has 0 aromatic carbocycles. The first-order valence-electron chi connectivity index (χ1n) is 3.48. The highest BCUT2D eigenvalue weighted by Crippen LogP contribution is 1.81. The van der Waals surface area contributed by atoms with Crippen molar-refractivity contribution in [2.75, 3.05) is 0 Å². The van der Waals surface area contributed by atoms with Gasteiger partial charge in [-0.05, 0) is 6.07 Å². The molecule has 64 valence electrons. The van der Waals surface area contributed by atoms with Gasteiger partial charge < -0.3 is 5.11 Å². The Balaban J connectivity index is 3.04. The number of carboxylic acids is 1. The predicted molar refractivity (Wildman–Crippen MR) is 49.1 cm³/mol. The van der Waals surface area contributed by atoms with E-state index in [1.165, 1.54) is 18.3 Å². The Labute approximate surface area is 75.5 Å². The summed E-state index contributed by atoms with van der Waals surface area (Å²) in [5.41, 5.74) is -0.0116. The van der Waals surface area contributed by atoms with Crippen LogP contribution in [0.15, 0.2) is 29.2 Å². The molecule has 1 rings (SSSR count). The maximum atomic E-state index is 11.1. The van der Waals surface area contributed by atoms with Crippen LogP contribution in [-0.4, -0.2) is 23.5 Å². The van der Waals surface area contributed by atoms with E-state index < -0.39 is 5.97 Å². The molecule has 0 atom stereocenters. The Morgan fingerprint density at radius 3 is 2.85 bits per heavy atom. The highest BCUT2D eigenvalue weighted by Gasteiger charge is 1.92. The van der Waals surface area contributed by atoms with Crippen LogP contribution in [0.4, 0.5) is 0 Å². The second-order valence-electron chi connectivity index (χ2n) is 2.36. The summed E-state index contributed by atoms with van der Waals surface area (Å²) in [6.07, 6.45) is 3.43. The summed E-state index contributed by atoms with van der Waals surface area (Å²) in [7, 11) is 5.33. The second-order valence-corrected chi connectivity index (χ2v) is 2.36. The summed E-state index contributed by atoms with van der Waals surface area (Å²) >= 11 is 0. The fraction of sp³-hybridized carbons (Fsp3) is 0. The van der Waals surface area contributed by atoms with Crippen molar-refractivity contribution >= 4 is 25.5 Å². The fourth-order valence-electron chi connectivity index (χ4n) is 0.772. The smallest absolute Gasteiger partial charge is 0.329 e. The van der Waals surface area contributed by atoms with Crippen molar-refractivity contribution < 1.29 is 9.90 Å². The van der Waals surface area contributed by atoms with Crippen LogP contribution in [-0.2, 0) is 4.79 Å². The van der Waals surface area contributed by atoms with Gasteiger partial charge in [0.15, 0.2) is 0 Å². The Kier molecular flexibility index (Phi) is 2.69. The summed E-state index contributed by atoms with van der Waals surface area (Å²) in [6.45, 7) is 0. The Bertz CT molecular complexity index is 408. The summed E-state index contributed by atoms with van der Waals surface area (Å²) in [5, 5.41) is 8.29. The highest BCUT2D eigenvalue weighted by molar-refractivity contribution is 6.32. The van der Waals surface area contributed by atoms with Crippen molar-refractivity contribution in [2.45, 2.75) is 0 Å². The van der Waals surface area contributed by atoms with E-state index in [2.05, 4.69) is 0 Å².